The van der Waals surface area contributed by atoms with Crippen LogP contribution in [0.1, 0.15) is 44.2 Å². The van der Waals surface area contributed by atoms with E-state index in [2.05, 4.69) is 26.2 Å². The first-order chi connectivity index (χ1) is 16.6. The second-order valence-corrected chi connectivity index (χ2v) is 13.7. The minimum atomic E-state index is -3.82. The lowest BCUT2D eigenvalue weighted by atomic mass is 10.1. The summed E-state index contributed by atoms with van der Waals surface area (Å²) in [6.07, 6.45) is 7.77. The smallest absolute Gasteiger partial charge is 0.269 e. The lowest BCUT2D eigenvalue weighted by Gasteiger charge is -2.18. The van der Waals surface area contributed by atoms with E-state index in [9.17, 15) is 16.8 Å². The van der Waals surface area contributed by atoms with E-state index >= 15 is 0 Å². The summed E-state index contributed by atoms with van der Waals surface area (Å²) in [5.41, 5.74) is 2.82. The molecule has 2 saturated carbocycles. The molecule has 0 amide bonds. The van der Waals surface area contributed by atoms with Crippen LogP contribution >= 0.6 is 0 Å². The lowest BCUT2D eigenvalue weighted by molar-refractivity contribution is 0.416. The van der Waals surface area contributed by atoms with Gasteiger partial charge in [0, 0.05) is 23.7 Å². The Bertz CT molecular complexity index is 1650. The maximum atomic E-state index is 13.4. The molecular weight excluding hydrogens is 486 g/mol. The van der Waals surface area contributed by atoms with Gasteiger partial charge in [-0.3, -0.25) is 0 Å². The third-order valence-electron chi connectivity index (χ3n) is 7.28. The van der Waals surface area contributed by atoms with Gasteiger partial charge in [0.15, 0.2) is 5.65 Å². The van der Waals surface area contributed by atoms with Gasteiger partial charge >= 0.3 is 0 Å². The van der Waals surface area contributed by atoms with Gasteiger partial charge in [-0.1, -0.05) is 24.6 Å². The Kier molecular flexibility index (Phi) is 5.10. The first-order valence-corrected chi connectivity index (χ1v) is 14.8. The van der Waals surface area contributed by atoms with Gasteiger partial charge in [0.2, 0.25) is 10.0 Å². The number of benzene rings is 1. The van der Waals surface area contributed by atoms with Crippen LogP contribution in [0.4, 0.5) is 0 Å². The zero-order valence-electron chi connectivity index (χ0n) is 19.5. The van der Waals surface area contributed by atoms with Gasteiger partial charge in [-0.25, -0.2) is 35.5 Å². The van der Waals surface area contributed by atoms with E-state index in [1.807, 2.05) is 6.92 Å². The molecule has 3 heterocycles. The highest BCUT2D eigenvalue weighted by atomic mass is 32.2. The van der Waals surface area contributed by atoms with Crippen molar-refractivity contribution in [2.75, 3.05) is 0 Å². The van der Waals surface area contributed by atoms with Crippen molar-refractivity contribution in [1.29, 1.82) is 0 Å². The number of sulfonamides is 1. The van der Waals surface area contributed by atoms with Crippen molar-refractivity contribution in [2.24, 2.45) is 5.92 Å². The summed E-state index contributed by atoms with van der Waals surface area (Å²) in [7, 11) is -7.08. The number of pyridine rings is 1. The fourth-order valence-corrected chi connectivity index (χ4v) is 8.18. The Morgan fingerprint density at radius 2 is 1.74 bits per heavy atom. The van der Waals surface area contributed by atoms with Crippen molar-refractivity contribution >= 4 is 42.1 Å². The highest BCUT2D eigenvalue weighted by Crippen LogP contribution is 2.40. The van der Waals surface area contributed by atoms with E-state index in [0.717, 1.165) is 30.3 Å². The van der Waals surface area contributed by atoms with E-state index in [1.54, 1.807) is 42.9 Å². The van der Waals surface area contributed by atoms with Crippen LogP contribution in [0.15, 0.2) is 53.9 Å². The van der Waals surface area contributed by atoms with Gasteiger partial charge in [-0.15, -0.1) is 0 Å². The predicted molar refractivity (Wildman–Crippen MR) is 133 cm³/mol. The summed E-state index contributed by atoms with van der Waals surface area (Å²) >= 11 is 0. The van der Waals surface area contributed by atoms with E-state index < -0.39 is 20.0 Å². The highest BCUT2D eigenvalue weighted by Gasteiger charge is 2.41. The molecule has 3 aromatic heterocycles. The molecule has 1 aromatic carbocycles. The van der Waals surface area contributed by atoms with Crippen LogP contribution in [0.3, 0.4) is 0 Å². The van der Waals surface area contributed by atoms with Crippen molar-refractivity contribution < 1.29 is 16.8 Å². The van der Waals surface area contributed by atoms with Crippen LogP contribution in [0.2, 0.25) is 0 Å². The summed E-state index contributed by atoms with van der Waals surface area (Å²) in [5, 5.41) is 0.455. The van der Waals surface area contributed by atoms with Crippen molar-refractivity contribution in [2.45, 2.75) is 61.8 Å². The second kappa shape index (κ2) is 7.87. The highest BCUT2D eigenvalue weighted by molar-refractivity contribution is 7.90. The third-order valence-corrected chi connectivity index (χ3v) is 11.0. The zero-order valence-corrected chi connectivity index (χ0v) is 21.1. The molecule has 3 atom stereocenters. The molecule has 3 unspecified atom stereocenters. The number of aromatic nitrogens is 4. The largest absolute Gasteiger partial charge is 0.326 e. The minimum Gasteiger partial charge on any atom is -0.326 e. The average Bonchev–Trinajstić information content (AvgIpc) is 3.30. The fourth-order valence-electron chi connectivity index (χ4n) is 5.27. The first-order valence-electron chi connectivity index (χ1n) is 11.8. The maximum absolute atomic E-state index is 13.4. The van der Waals surface area contributed by atoms with Crippen molar-refractivity contribution in [3.63, 3.8) is 0 Å². The van der Waals surface area contributed by atoms with Gasteiger partial charge in [0.1, 0.15) is 5.52 Å². The molecular formula is C24H27N5O4S2. The molecule has 11 heteroatoms. The third kappa shape index (κ3) is 3.76. The number of rotatable bonds is 6. The molecule has 2 aliphatic carbocycles. The SMILES string of the molecule is Cc1ccc(S(=O)(=O)n2ccc3c4c(cnc32)ncn4C2CC(NS(=O)(=O)C3CC3)CC2C)cc1. The summed E-state index contributed by atoms with van der Waals surface area (Å²) in [4.78, 5) is 9.17. The fraction of sp³-hybridized carbons (Fsp3) is 0.417. The summed E-state index contributed by atoms with van der Waals surface area (Å²) in [5.74, 6) is 0.223. The normalized spacial score (nSPS) is 23.4. The maximum Gasteiger partial charge on any atom is 0.269 e. The van der Waals surface area contributed by atoms with Gasteiger partial charge in [-0.2, -0.15) is 0 Å². The van der Waals surface area contributed by atoms with Gasteiger partial charge in [-0.05, 0) is 56.7 Å². The summed E-state index contributed by atoms with van der Waals surface area (Å²) < 4.78 is 57.9. The van der Waals surface area contributed by atoms with E-state index in [-0.39, 0.29) is 28.1 Å². The van der Waals surface area contributed by atoms with Crippen LogP contribution in [-0.4, -0.2) is 46.6 Å². The molecule has 2 fully saturated rings. The molecule has 35 heavy (non-hydrogen) atoms. The molecule has 0 radical (unpaired) electrons. The molecule has 6 rings (SSSR count). The molecule has 0 saturated heterocycles. The van der Waals surface area contributed by atoms with Crippen LogP contribution in [0.5, 0.6) is 0 Å². The Morgan fingerprint density at radius 3 is 2.46 bits per heavy atom. The van der Waals surface area contributed by atoms with Crippen LogP contribution in [0.25, 0.3) is 22.1 Å². The van der Waals surface area contributed by atoms with Crippen LogP contribution < -0.4 is 4.72 Å². The molecule has 0 aliphatic heterocycles. The molecule has 0 bridgehead atoms. The molecule has 4 aromatic rings. The molecule has 0 spiro atoms. The van der Waals surface area contributed by atoms with Gasteiger partial charge in [0.05, 0.1) is 28.2 Å². The number of aryl methyl sites for hydroxylation is 1. The Labute approximate surface area is 204 Å². The number of hydrogen-bond donors (Lipinski definition) is 1. The quantitative estimate of drug-likeness (QED) is 0.423. The first kappa shape index (κ1) is 22.7. The average molecular weight is 514 g/mol. The van der Waals surface area contributed by atoms with Crippen molar-refractivity contribution in [1.82, 2.24) is 23.2 Å². The number of nitrogens with zero attached hydrogens (tertiary/aromatic N) is 4. The van der Waals surface area contributed by atoms with Crippen LogP contribution in [-0.2, 0) is 20.0 Å². The van der Waals surface area contributed by atoms with Gasteiger partial charge < -0.3 is 4.57 Å². The Balaban J connectivity index is 1.39. The molecule has 1 N–H and O–H groups in total. The van der Waals surface area contributed by atoms with Crippen molar-refractivity contribution in [3.8, 4) is 0 Å². The lowest BCUT2D eigenvalue weighted by Crippen LogP contribution is -2.35. The zero-order chi connectivity index (χ0) is 24.5. The van der Waals surface area contributed by atoms with E-state index in [1.165, 1.54) is 10.2 Å². The predicted octanol–water partition coefficient (Wildman–Crippen LogP) is 3.35. The number of fused-ring (bicyclic) bond motifs is 3. The standard InChI is InChI=1S/C24H27N5O4S2/c1-15-3-5-19(6-4-15)35(32,33)29-10-9-20-23-21(13-25-24(20)29)26-14-28(23)22-12-17(11-16(22)2)27-34(30,31)18-7-8-18/h3-6,9-10,13-14,16-18,22,27H,7-8,11-12H2,1-2H3. The number of imidazole rings is 1. The van der Waals surface area contributed by atoms with Gasteiger partial charge in [0.25, 0.3) is 10.0 Å². The minimum absolute atomic E-state index is 0.0366. The number of hydrogen-bond acceptors (Lipinski definition) is 6. The topological polar surface area (TPSA) is 116 Å². The Hall–Kier alpha value is -2.76. The molecule has 9 nitrogen and oxygen atoms in total. The van der Waals surface area contributed by atoms with E-state index in [4.69, 9.17) is 0 Å². The monoisotopic (exact) mass is 513 g/mol. The van der Waals surface area contributed by atoms with E-state index in [0.29, 0.717) is 23.0 Å². The Morgan fingerprint density at radius 1 is 1.00 bits per heavy atom. The summed E-state index contributed by atoms with van der Waals surface area (Å²) in [6.45, 7) is 4.03. The van der Waals surface area contributed by atoms with Crippen molar-refractivity contribution in [3.05, 3.63) is 54.6 Å². The molecule has 2 aliphatic rings. The molecule has 184 valence electrons. The second-order valence-electron chi connectivity index (χ2n) is 9.89. The summed E-state index contributed by atoms with van der Waals surface area (Å²) in [6, 6.07) is 8.42. The number of nitrogens with one attached hydrogen (secondary N) is 1. The van der Waals surface area contributed by atoms with Crippen LogP contribution in [0, 0.1) is 12.8 Å².